The number of aromatic nitrogens is 1. The molecule has 0 radical (unpaired) electrons. The Morgan fingerprint density at radius 2 is 2.37 bits per heavy atom. The molecule has 1 atom stereocenters. The smallest absolute Gasteiger partial charge is 0.0975 e. The summed E-state index contributed by atoms with van der Waals surface area (Å²) in [6.07, 6.45) is 3.77. The van der Waals surface area contributed by atoms with Crippen LogP contribution in [0.4, 0.5) is 0 Å². The number of hydrogen-bond acceptors (Lipinski definition) is 4. The lowest BCUT2D eigenvalue weighted by molar-refractivity contribution is 0.228. The minimum Gasteiger partial charge on any atom is -0.316 e. The van der Waals surface area contributed by atoms with E-state index in [0.29, 0.717) is 5.92 Å². The molecule has 1 N–H and O–H groups in total. The zero-order valence-electron chi connectivity index (χ0n) is 12.1. The maximum Gasteiger partial charge on any atom is 0.0975 e. The third-order valence-electron chi connectivity index (χ3n) is 4.10. The molecule has 0 amide bonds. The Kier molecular flexibility index (Phi) is 4.20. The van der Waals surface area contributed by atoms with E-state index in [4.69, 9.17) is 4.98 Å². The number of piperidine rings is 1. The Balaban J connectivity index is 1.69. The van der Waals surface area contributed by atoms with Gasteiger partial charge >= 0.3 is 0 Å². The van der Waals surface area contributed by atoms with E-state index in [-0.39, 0.29) is 0 Å². The Bertz CT molecular complexity index is 421. The summed E-state index contributed by atoms with van der Waals surface area (Å²) in [6.45, 7) is 10.5. The fraction of sp³-hybridized carbons (Fsp3) is 0.800. The largest absolute Gasteiger partial charge is 0.316 e. The Morgan fingerprint density at radius 3 is 3.11 bits per heavy atom. The molecule has 1 fully saturated rings. The second-order valence-corrected chi connectivity index (χ2v) is 7.46. The molecule has 2 aliphatic heterocycles. The van der Waals surface area contributed by atoms with Crippen molar-refractivity contribution in [2.75, 3.05) is 26.2 Å². The minimum atomic E-state index is 0.669. The van der Waals surface area contributed by atoms with E-state index in [1.807, 2.05) is 11.3 Å². The van der Waals surface area contributed by atoms with Crippen LogP contribution in [-0.4, -0.2) is 36.1 Å². The van der Waals surface area contributed by atoms with Gasteiger partial charge in [-0.05, 0) is 25.3 Å². The van der Waals surface area contributed by atoms with Crippen molar-refractivity contribution in [3.8, 4) is 0 Å². The van der Waals surface area contributed by atoms with Crippen LogP contribution in [0.2, 0.25) is 0 Å². The first-order valence-electron chi connectivity index (χ1n) is 7.64. The molecule has 4 heteroatoms. The molecule has 3 rings (SSSR count). The second kappa shape index (κ2) is 5.90. The lowest BCUT2D eigenvalue weighted by atomic mass is 10.0. The molecule has 1 aromatic heterocycles. The number of nitrogens with zero attached hydrogens (tertiary/aromatic N) is 2. The summed E-state index contributed by atoms with van der Waals surface area (Å²) in [5.74, 6) is 1.43. The van der Waals surface area contributed by atoms with E-state index in [2.05, 4.69) is 24.1 Å². The fourth-order valence-corrected chi connectivity index (χ4v) is 4.47. The molecule has 1 saturated heterocycles. The van der Waals surface area contributed by atoms with Gasteiger partial charge in [0, 0.05) is 43.4 Å². The summed E-state index contributed by atoms with van der Waals surface area (Å²) in [7, 11) is 0. The summed E-state index contributed by atoms with van der Waals surface area (Å²) in [5.41, 5.74) is 1.39. The maximum absolute atomic E-state index is 4.94. The van der Waals surface area contributed by atoms with Crippen LogP contribution in [-0.2, 0) is 13.0 Å². The number of nitrogens with one attached hydrogen (secondary N) is 1. The molecular weight excluding hydrogens is 254 g/mol. The molecule has 1 aromatic rings. The lowest BCUT2D eigenvalue weighted by Crippen LogP contribution is -2.32. The van der Waals surface area contributed by atoms with E-state index in [9.17, 15) is 0 Å². The van der Waals surface area contributed by atoms with Crippen molar-refractivity contribution in [2.24, 2.45) is 5.92 Å². The van der Waals surface area contributed by atoms with Gasteiger partial charge in [0.1, 0.15) is 0 Å². The average molecular weight is 279 g/mol. The summed E-state index contributed by atoms with van der Waals surface area (Å²) in [5, 5.41) is 4.90. The Labute approximate surface area is 120 Å². The predicted octanol–water partition coefficient (Wildman–Crippen LogP) is 2.62. The third-order valence-corrected chi connectivity index (χ3v) is 5.34. The van der Waals surface area contributed by atoms with Crippen molar-refractivity contribution >= 4 is 11.3 Å². The molecule has 0 spiro atoms. The number of thiazole rings is 1. The van der Waals surface area contributed by atoms with E-state index < -0.39 is 0 Å². The van der Waals surface area contributed by atoms with E-state index in [1.165, 1.54) is 48.1 Å². The topological polar surface area (TPSA) is 28.2 Å². The van der Waals surface area contributed by atoms with Crippen LogP contribution in [0.3, 0.4) is 0 Å². The van der Waals surface area contributed by atoms with Crippen LogP contribution in [0.1, 0.15) is 48.2 Å². The van der Waals surface area contributed by atoms with E-state index in [0.717, 1.165) is 25.4 Å². The minimum absolute atomic E-state index is 0.669. The van der Waals surface area contributed by atoms with Crippen LogP contribution >= 0.6 is 11.3 Å². The first kappa shape index (κ1) is 13.5. The van der Waals surface area contributed by atoms with Gasteiger partial charge in [0.15, 0.2) is 0 Å². The molecule has 0 bridgehead atoms. The van der Waals surface area contributed by atoms with Crippen molar-refractivity contribution in [1.29, 1.82) is 0 Å². The summed E-state index contributed by atoms with van der Waals surface area (Å²) < 4.78 is 0. The van der Waals surface area contributed by atoms with Crippen LogP contribution in [0.5, 0.6) is 0 Å². The Morgan fingerprint density at radius 1 is 1.47 bits per heavy atom. The van der Waals surface area contributed by atoms with E-state index in [1.54, 1.807) is 0 Å². The molecular formula is C15H25N3S. The van der Waals surface area contributed by atoms with Crippen LogP contribution in [0, 0.1) is 5.92 Å². The average Bonchev–Trinajstić information content (AvgIpc) is 2.82. The van der Waals surface area contributed by atoms with Crippen molar-refractivity contribution in [3.63, 3.8) is 0 Å². The second-order valence-electron chi connectivity index (χ2n) is 6.34. The zero-order valence-corrected chi connectivity index (χ0v) is 12.9. The van der Waals surface area contributed by atoms with Gasteiger partial charge in [0.2, 0.25) is 0 Å². The highest BCUT2D eigenvalue weighted by atomic mass is 32.1. The van der Waals surface area contributed by atoms with Crippen LogP contribution in [0.25, 0.3) is 0 Å². The molecule has 0 aromatic carbocycles. The van der Waals surface area contributed by atoms with Gasteiger partial charge in [-0.2, -0.15) is 0 Å². The highest BCUT2D eigenvalue weighted by molar-refractivity contribution is 7.11. The first-order chi connectivity index (χ1) is 9.22. The number of rotatable bonds is 3. The summed E-state index contributed by atoms with van der Waals surface area (Å²) in [4.78, 5) is 9.07. The molecule has 0 aliphatic carbocycles. The third kappa shape index (κ3) is 3.18. The molecule has 3 nitrogen and oxygen atoms in total. The molecule has 106 valence electrons. The highest BCUT2D eigenvalue weighted by Gasteiger charge is 2.25. The predicted molar refractivity (Wildman–Crippen MR) is 80.8 cm³/mol. The SMILES string of the molecule is CC(C)CN1CCc2nc(C3CCCNC3)sc2C1. The molecule has 19 heavy (non-hydrogen) atoms. The molecule has 0 saturated carbocycles. The van der Waals surface area contributed by atoms with Crippen molar-refractivity contribution in [2.45, 2.75) is 45.6 Å². The Hall–Kier alpha value is -0.450. The standard InChI is InChI=1S/C15H25N3S/c1-11(2)9-18-7-5-13-14(10-18)19-15(17-13)12-4-3-6-16-8-12/h11-12,16H,3-10H2,1-2H3. The molecule has 1 unspecified atom stereocenters. The summed E-state index contributed by atoms with van der Waals surface area (Å²) >= 11 is 1.98. The quantitative estimate of drug-likeness (QED) is 0.922. The highest BCUT2D eigenvalue weighted by Crippen LogP contribution is 2.32. The lowest BCUT2D eigenvalue weighted by Gasteiger charge is -2.27. The maximum atomic E-state index is 4.94. The van der Waals surface area contributed by atoms with Crippen LogP contribution < -0.4 is 5.32 Å². The van der Waals surface area contributed by atoms with Gasteiger partial charge in [-0.3, -0.25) is 4.90 Å². The zero-order chi connectivity index (χ0) is 13.2. The molecule has 3 heterocycles. The fourth-order valence-electron chi connectivity index (χ4n) is 3.18. The monoisotopic (exact) mass is 279 g/mol. The number of hydrogen-bond donors (Lipinski definition) is 1. The number of fused-ring (bicyclic) bond motifs is 1. The van der Waals surface area contributed by atoms with Crippen molar-refractivity contribution in [1.82, 2.24) is 15.2 Å². The van der Waals surface area contributed by atoms with E-state index >= 15 is 0 Å². The van der Waals surface area contributed by atoms with Crippen molar-refractivity contribution in [3.05, 3.63) is 15.6 Å². The summed E-state index contributed by atoms with van der Waals surface area (Å²) in [6, 6.07) is 0. The normalized spacial score (nSPS) is 24.7. The van der Waals surface area contributed by atoms with Gasteiger partial charge in [0.05, 0.1) is 10.7 Å². The van der Waals surface area contributed by atoms with Gasteiger partial charge in [-0.1, -0.05) is 13.8 Å². The van der Waals surface area contributed by atoms with Gasteiger partial charge in [-0.25, -0.2) is 4.98 Å². The molecule has 2 aliphatic rings. The van der Waals surface area contributed by atoms with Crippen molar-refractivity contribution < 1.29 is 0 Å². The van der Waals surface area contributed by atoms with Gasteiger partial charge in [-0.15, -0.1) is 11.3 Å². The van der Waals surface area contributed by atoms with Crippen LogP contribution in [0.15, 0.2) is 0 Å². The first-order valence-corrected chi connectivity index (χ1v) is 8.45. The van der Waals surface area contributed by atoms with Gasteiger partial charge < -0.3 is 5.32 Å². The van der Waals surface area contributed by atoms with Gasteiger partial charge in [0.25, 0.3) is 0 Å².